The highest BCUT2D eigenvalue weighted by Crippen LogP contribution is 2.34. The van der Waals surface area contributed by atoms with Crippen molar-refractivity contribution in [1.29, 1.82) is 0 Å². The minimum Gasteiger partial charge on any atom is -0.462 e. The molecule has 0 saturated heterocycles. The van der Waals surface area contributed by atoms with Crippen LogP contribution < -0.4 is 5.32 Å². The van der Waals surface area contributed by atoms with E-state index in [4.69, 9.17) is 9.47 Å². The second-order valence-electron chi connectivity index (χ2n) is 5.40. The van der Waals surface area contributed by atoms with E-state index in [-0.39, 0.29) is 13.2 Å². The summed E-state index contributed by atoms with van der Waals surface area (Å²) >= 11 is 1.21. The van der Waals surface area contributed by atoms with Crippen molar-refractivity contribution in [3.63, 3.8) is 0 Å². The van der Waals surface area contributed by atoms with Crippen molar-refractivity contribution in [2.24, 2.45) is 0 Å². The lowest BCUT2D eigenvalue weighted by atomic mass is 10.1. The van der Waals surface area contributed by atoms with Crippen molar-refractivity contribution in [2.75, 3.05) is 25.1 Å². The van der Waals surface area contributed by atoms with Gasteiger partial charge in [-0.15, -0.1) is 11.3 Å². The fraction of sp³-hybridized carbons (Fsp3) is 0.300. The van der Waals surface area contributed by atoms with Gasteiger partial charge in [0, 0.05) is 6.54 Å². The summed E-state index contributed by atoms with van der Waals surface area (Å²) in [6.07, 6.45) is 3.95. The molecule has 0 aliphatic rings. The van der Waals surface area contributed by atoms with Gasteiger partial charge in [-0.2, -0.15) is 0 Å². The number of esters is 2. The van der Waals surface area contributed by atoms with Gasteiger partial charge in [-0.3, -0.25) is 0 Å². The lowest BCUT2D eigenvalue weighted by molar-refractivity contribution is 0.0527. The minimum absolute atomic E-state index is 0.274. The van der Waals surface area contributed by atoms with Gasteiger partial charge >= 0.3 is 11.9 Å². The largest absolute Gasteiger partial charge is 0.462 e. The maximum atomic E-state index is 12.3. The van der Waals surface area contributed by atoms with Gasteiger partial charge in [-0.05, 0) is 31.9 Å². The van der Waals surface area contributed by atoms with E-state index in [1.807, 2.05) is 42.5 Å². The summed E-state index contributed by atoms with van der Waals surface area (Å²) in [5, 5.41) is 3.82. The molecular weight excluding hydrogens is 350 g/mol. The fourth-order valence-electron chi connectivity index (χ4n) is 2.39. The first-order valence-electron chi connectivity index (χ1n) is 8.51. The molecule has 1 heterocycles. The second kappa shape index (κ2) is 9.77. The number of ether oxygens (including phenoxy) is 2. The molecular formula is C20H23NO4S. The second-order valence-corrected chi connectivity index (χ2v) is 6.42. The lowest BCUT2D eigenvalue weighted by Crippen LogP contribution is -2.10. The topological polar surface area (TPSA) is 64.6 Å². The zero-order valence-corrected chi connectivity index (χ0v) is 16.0. The number of rotatable bonds is 8. The molecule has 2 aromatic rings. The van der Waals surface area contributed by atoms with E-state index in [9.17, 15) is 9.59 Å². The number of thiophene rings is 1. The standard InChI is InChI=1S/C20H23NO4S/c1-4-24-19(22)16-14(3)17(20(23)25-5-2)26-18(16)21-13-9-12-15-10-7-6-8-11-15/h6-12,21H,4-5,13H2,1-3H3/b12-9+. The van der Waals surface area contributed by atoms with E-state index in [0.29, 0.717) is 27.5 Å². The van der Waals surface area contributed by atoms with Crippen LogP contribution in [-0.4, -0.2) is 31.7 Å². The van der Waals surface area contributed by atoms with Gasteiger partial charge in [0.05, 0.1) is 18.8 Å². The fourth-order valence-corrected chi connectivity index (χ4v) is 3.48. The number of carbonyl (C=O) groups is 2. The van der Waals surface area contributed by atoms with Crippen molar-refractivity contribution < 1.29 is 19.1 Å². The molecule has 0 radical (unpaired) electrons. The van der Waals surface area contributed by atoms with Crippen LogP contribution in [0.4, 0.5) is 5.00 Å². The van der Waals surface area contributed by atoms with Gasteiger partial charge in [0.25, 0.3) is 0 Å². The third kappa shape index (κ3) is 4.95. The minimum atomic E-state index is -0.439. The van der Waals surface area contributed by atoms with E-state index >= 15 is 0 Å². The van der Waals surface area contributed by atoms with Gasteiger partial charge in [-0.25, -0.2) is 9.59 Å². The molecule has 1 aromatic heterocycles. The van der Waals surface area contributed by atoms with Crippen LogP contribution >= 0.6 is 11.3 Å². The van der Waals surface area contributed by atoms with E-state index in [0.717, 1.165) is 5.56 Å². The Balaban J connectivity index is 2.19. The summed E-state index contributed by atoms with van der Waals surface area (Å²) < 4.78 is 10.2. The van der Waals surface area contributed by atoms with Crippen LogP contribution in [0.2, 0.25) is 0 Å². The Labute approximate surface area is 157 Å². The molecule has 0 unspecified atom stereocenters. The predicted octanol–water partition coefficient (Wildman–Crippen LogP) is 4.54. The van der Waals surface area contributed by atoms with E-state index < -0.39 is 11.9 Å². The number of hydrogen-bond donors (Lipinski definition) is 1. The van der Waals surface area contributed by atoms with Crippen molar-refractivity contribution in [2.45, 2.75) is 20.8 Å². The van der Waals surface area contributed by atoms with Crippen LogP contribution in [0.15, 0.2) is 36.4 Å². The first-order chi connectivity index (χ1) is 12.6. The van der Waals surface area contributed by atoms with Crippen molar-refractivity contribution in [3.8, 4) is 0 Å². The average Bonchev–Trinajstić information content (AvgIpc) is 2.96. The SMILES string of the molecule is CCOC(=O)c1sc(NC/C=C/c2ccccc2)c(C(=O)OCC)c1C. The molecule has 0 bridgehead atoms. The zero-order chi connectivity index (χ0) is 18.9. The Morgan fingerprint density at radius 1 is 1.08 bits per heavy atom. The third-order valence-electron chi connectivity index (χ3n) is 3.58. The molecule has 1 N–H and O–H groups in total. The van der Waals surface area contributed by atoms with E-state index in [1.54, 1.807) is 20.8 Å². The molecule has 0 atom stereocenters. The molecule has 2 rings (SSSR count). The number of nitrogens with one attached hydrogen (secondary N) is 1. The highest BCUT2D eigenvalue weighted by Gasteiger charge is 2.25. The van der Waals surface area contributed by atoms with Crippen LogP contribution in [0.5, 0.6) is 0 Å². The Bertz CT molecular complexity index is 781. The molecule has 0 aliphatic heterocycles. The highest BCUT2D eigenvalue weighted by molar-refractivity contribution is 7.18. The Kier molecular flexibility index (Phi) is 7.41. The van der Waals surface area contributed by atoms with Crippen LogP contribution in [0, 0.1) is 6.92 Å². The van der Waals surface area contributed by atoms with Crippen LogP contribution in [-0.2, 0) is 9.47 Å². The first-order valence-corrected chi connectivity index (χ1v) is 9.33. The summed E-state index contributed by atoms with van der Waals surface area (Å²) in [5.41, 5.74) is 2.07. The van der Waals surface area contributed by atoms with Crippen LogP contribution in [0.3, 0.4) is 0 Å². The molecule has 1 aromatic carbocycles. The summed E-state index contributed by atoms with van der Waals surface area (Å²) in [7, 11) is 0. The molecule has 0 saturated carbocycles. The van der Waals surface area contributed by atoms with Crippen molar-refractivity contribution >= 4 is 34.4 Å². The number of anilines is 1. The molecule has 6 heteroatoms. The maximum absolute atomic E-state index is 12.3. The van der Waals surface area contributed by atoms with Crippen molar-refractivity contribution in [1.82, 2.24) is 0 Å². The quantitative estimate of drug-likeness (QED) is 0.689. The van der Waals surface area contributed by atoms with Gasteiger partial charge in [0.1, 0.15) is 9.88 Å². The van der Waals surface area contributed by atoms with Gasteiger partial charge in [0.2, 0.25) is 0 Å². The summed E-state index contributed by atoms with van der Waals surface area (Å²) in [4.78, 5) is 24.9. The Morgan fingerprint density at radius 3 is 2.38 bits per heavy atom. The van der Waals surface area contributed by atoms with Crippen molar-refractivity contribution in [3.05, 3.63) is 58.0 Å². The number of hydrogen-bond acceptors (Lipinski definition) is 6. The van der Waals surface area contributed by atoms with Crippen LogP contribution in [0.25, 0.3) is 6.08 Å². The van der Waals surface area contributed by atoms with Gasteiger partial charge in [-0.1, -0.05) is 42.5 Å². The van der Waals surface area contributed by atoms with Gasteiger partial charge in [0.15, 0.2) is 0 Å². The first kappa shape index (κ1) is 19.7. The summed E-state index contributed by atoms with van der Waals surface area (Å²) in [6, 6.07) is 9.93. The molecule has 0 amide bonds. The molecule has 5 nitrogen and oxygen atoms in total. The van der Waals surface area contributed by atoms with Gasteiger partial charge < -0.3 is 14.8 Å². The maximum Gasteiger partial charge on any atom is 0.348 e. The molecule has 26 heavy (non-hydrogen) atoms. The summed E-state index contributed by atoms with van der Waals surface area (Å²) in [5.74, 6) is -0.861. The smallest absolute Gasteiger partial charge is 0.348 e. The predicted molar refractivity (Wildman–Crippen MR) is 105 cm³/mol. The third-order valence-corrected chi connectivity index (χ3v) is 4.81. The normalized spacial score (nSPS) is 10.7. The van der Waals surface area contributed by atoms with Crippen LogP contribution in [0.1, 0.15) is 45.0 Å². The molecule has 0 aliphatic carbocycles. The number of benzene rings is 1. The highest BCUT2D eigenvalue weighted by atomic mass is 32.1. The molecule has 138 valence electrons. The zero-order valence-electron chi connectivity index (χ0n) is 15.2. The molecule has 0 fully saturated rings. The monoisotopic (exact) mass is 373 g/mol. The number of carbonyl (C=O) groups excluding carboxylic acids is 2. The Hall–Kier alpha value is -2.60. The summed E-state index contributed by atoms with van der Waals surface area (Å²) in [6.45, 7) is 6.31. The average molecular weight is 373 g/mol. The molecule has 0 spiro atoms. The Morgan fingerprint density at radius 2 is 1.73 bits per heavy atom. The lowest BCUT2D eigenvalue weighted by Gasteiger charge is -2.06. The van der Waals surface area contributed by atoms with E-state index in [2.05, 4.69) is 5.32 Å². The van der Waals surface area contributed by atoms with E-state index in [1.165, 1.54) is 11.3 Å².